The Balaban J connectivity index is 1.33. The van der Waals surface area contributed by atoms with Gasteiger partial charge in [0.15, 0.2) is 5.65 Å². The molecule has 0 radical (unpaired) electrons. The van der Waals surface area contributed by atoms with Gasteiger partial charge >= 0.3 is 0 Å². The standard InChI is InChI=1S/C24H24N6O/c1-15-17(16(2)30-24(25-15)18-8-4-5-9-19(18)28-30)12-13-23(31)29(3)14-22-26-20-10-6-7-11-21(20)27-22/h4-11H,12-14H2,1-3H3,(H,26,27). The van der Waals surface area contributed by atoms with E-state index in [4.69, 9.17) is 10.1 Å². The topological polar surface area (TPSA) is 79.2 Å². The number of aromatic amines is 1. The van der Waals surface area contributed by atoms with Gasteiger partial charge in [0.2, 0.25) is 5.91 Å². The molecule has 5 rings (SSSR count). The van der Waals surface area contributed by atoms with Crippen LogP contribution in [0.4, 0.5) is 0 Å². The molecular weight excluding hydrogens is 388 g/mol. The molecule has 5 aromatic rings. The molecule has 0 aliphatic carbocycles. The first kappa shape index (κ1) is 19.2. The maximum atomic E-state index is 12.8. The first-order valence-corrected chi connectivity index (χ1v) is 10.4. The van der Waals surface area contributed by atoms with Gasteiger partial charge in [-0.15, -0.1) is 0 Å². The predicted molar refractivity (Wildman–Crippen MR) is 121 cm³/mol. The molecule has 0 bridgehead atoms. The van der Waals surface area contributed by atoms with Crippen molar-refractivity contribution in [3.8, 4) is 0 Å². The van der Waals surface area contributed by atoms with Crippen molar-refractivity contribution in [3.05, 3.63) is 71.3 Å². The molecule has 1 amide bonds. The fourth-order valence-electron chi connectivity index (χ4n) is 4.15. The maximum Gasteiger partial charge on any atom is 0.223 e. The zero-order chi connectivity index (χ0) is 21.5. The number of amides is 1. The SMILES string of the molecule is Cc1nc2c3ccccc3nn2c(C)c1CCC(=O)N(C)Cc1nc2ccccc2[nH]1. The summed E-state index contributed by atoms with van der Waals surface area (Å²) in [6.45, 7) is 4.51. The van der Waals surface area contributed by atoms with E-state index < -0.39 is 0 Å². The fraction of sp³-hybridized carbons (Fsp3) is 0.250. The van der Waals surface area contributed by atoms with Gasteiger partial charge in [-0.25, -0.2) is 14.5 Å². The van der Waals surface area contributed by atoms with Crippen molar-refractivity contribution in [2.24, 2.45) is 0 Å². The Labute approximate surface area is 179 Å². The van der Waals surface area contributed by atoms with E-state index in [9.17, 15) is 4.79 Å². The number of rotatable bonds is 5. The summed E-state index contributed by atoms with van der Waals surface area (Å²) in [7, 11) is 1.82. The van der Waals surface area contributed by atoms with Crippen molar-refractivity contribution in [2.75, 3.05) is 7.05 Å². The van der Waals surface area contributed by atoms with Gasteiger partial charge in [0.1, 0.15) is 5.82 Å². The van der Waals surface area contributed by atoms with Crippen LogP contribution in [0.3, 0.4) is 0 Å². The summed E-state index contributed by atoms with van der Waals surface area (Å²) in [4.78, 5) is 27.2. The summed E-state index contributed by atoms with van der Waals surface area (Å²) < 4.78 is 1.90. The molecule has 0 saturated carbocycles. The highest BCUT2D eigenvalue weighted by atomic mass is 16.2. The first-order chi connectivity index (χ1) is 15.0. The summed E-state index contributed by atoms with van der Waals surface area (Å²) in [6, 6.07) is 15.9. The largest absolute Gasteiger partial charge is 0.340 e. The Morgan fingerprint density at radius 1 is 1.03 bits per heavy atom. The molecule has 2 aromatic carbocycles. The van der Waals surface area contributed by atoms with E-state index in [1.165, 1.54) is 0 Å². The Morgan fingerprint density at radius 2 is 1.77 bits per heavy atom. The van der Waals surface area contributed by atoms with Gasteiger partial charge in [0.05, 0.1) is 23.1 Å². The lowest BCUT2D eigenvalue weighted by Crippen LogP contribution is -2.27. The van der Waals surface area contributed by atoms with Crippen molar-refractivity contribution in [3.63, 3.8) is 0 Å². The molecule has 0 aliphatic rings. The summed E-state index contributed by atoms with van der Waals surface area (Å²) >= 11 is 0. The minimum absolute atomic E-state index is 0.0741. The molecule has 156 valence electrons. The van der Waals surface area contributed by atoms with E-state index in [0.29, 0.717) is 19.4 Å². The number of nitrogens with zero attached hydrogens (tertiary/aromatic N) is 5. The summed E-state index contributed by atoms with van der Waals surface area (Å²) in [5, 5.41) is 5.75. The van der Waals surface area contributed by atoms with Crippen molar-refractivity contribution in [1.29, 1.82) is 0 Å². The van der Waals surface area contributed by atoms with E-state index in [-0.39, 0.29) is 5.91 Å². The molecule has 0 unspecified atom stereocenters. The Bertz CT molecular complexity index is 1400. The van der Waals surface area contributed by atoms with Crippen LogP contribution in [0.25, 0.3) is 27.6 Å². The number of benzene rings is 2. The zero-order valence-electron chi connectivity index (χ0n) is 17.9. The molecule has 3 heterocycles. The third-order valence-electron chi connectivity index (χ3n) is 5.86. The van der Waals surface area contributed by atoms with Crippen molar-refractivity contribution in [1.82, 2.24) is 29.5 Å². The Morgan fingerprint density at radius 3 is 2.58 bits per heavy atom. The number of imidazole rings is 1. The van der Waals surface area contributed by atoms with Gasteiger partial charge in [-0.05, 0) is 50.1 Å². The highest BCUT2D eigenvalue weighted by Crippen LogP contribution is 2.23. The van der Waals surface area contributed by atoms with Crippen LogP contribution in [0, 0.1) is 13.8 Å². The van der Waals surface area contributed by atoms with E-state index in [1.54, 1.807) is 4.90 Å². The summed E-state index contributed by atoms with van der Waals surface area (Å²) in [5.74, 6) is 0.862. The van der Waals surface area contributed by atoms with Crippen LogP contribution < -0.4 is 0 Å². The molecule has 0 fully saturated rings. The number of para-hydroxylation sites is 2. The number of aryl methyl sites for hydroxylation is 2. The van der Waals surface area contributed by atoms with Gasteiger partial charge in [0, 0.05) is 30.2 Å². The van der Waals surface area contributed by atoms with Gasteiger partial charge in [-0.1, -0.05) is 24.3 Å². The molecule has 3 aromatic heterocycles. The first-order valence-electron chi connectivity index (χ1n) is 10.4. The van der Waals surface area contributed by atoms with Crippen molar-refractivity contribution < 1.29 is 4.79 Å². The zero-order valence-corrected chi connectivity index (χ0v) is 17.9. The molecule has 1 N–H and O–H groups in total. The van der Waals surface area contributed by atoms with Crippen LogP contribution in [-0.4, -0.2) is 42.4 Å². The van der Waals surface area contributed by atoms with E-state index in [0.717, 1.165) is 50.4 Å². The number of carbonyl (C=O) groups excluding carboxylic acids is 1. The predicted octanol–water partition coefficient (Wildman–Crippen LogP) is 3.97. The third kappa shape index (κ3) is 3.42. The Hall–Kier alpha value is -3.74. The monoisotopic (exact) mass is 412 g/mol. The fourth-order valence-corrected chi connectivity index (χ4v) is 4.15. The number of carbonyl (C=O) groups is 1. The lowest BCUT2D eigenvalue weighted by atomic mass is 10.1. The number of H-pyrrole nitrogens is 1. The third-order valence-corrected chi connectivity index (χ3v) is 5.86. The van der Waals surface area contributed by atoms with Gasteiger partial charge in [0.25, 0.3) is 0 Å². The highest BCUT2D eigenvalue weighted by molar-refractivity contribution is 5.92. The highest BCUT2D eigenvalue weighted by Gasteiger charge is 2.17. The molecule has 7 nitrogen and oxygen atoms in total. The molecular formula is C24H24N6O. The lowest BCUT2D eigenvalue weighted by Gasteiger charge is -2.17. The second-order valence-corrected chi connectivity index (χ2v) is 7.96. The quantitative estimate of drug-likeness (QED) is 0.474. The minimum atomic E-state index is 0.0741. The average Bonchev–Trinajstić information content (AvgIpc) is 3.34. The van der Waals surface area contributed by atoms with Gasteiger partial charge in [-0.2, -0.15) is 5.10 Å². The van der Waals surface area contributed by atoms with Crippen LogP contribution >= 0.6 is 0 Å². The summed E-state index contributed by atoms with van der Waals surface area (Å²) in [5.41, 5.74) is 6.74. The van der Waals surface area contributed by atoms with Crippen LogP contribution in [0.1, 0.15) is 29.2 Å². The molecule has 0 spiro atoms. The van der Waals surface area contributed by atoms with E-state index in [1.807, 2.05) is 73.9 Å². The molecule has 0 atom stereocenters. The number of hydrogen-bond acceptors (Lipinski definition) is 4. The normalized spacial score (nSPS) is 11.6. The van der Waals surface area contributed by atoms with Gasteiger partial charge in [-0.3, -0.25) is 4.79 Å². The van der Waals surface area contributed by atoms with Gasteiger partial charge < -0.3 is 9.88 Å². The molecule has 0 saturated heterocycles. The smallest absolute Gasteiger partial charge is 0.223 e. The number of hydrogen-bond donors (Lipinski definition) is 1. The van der Waals surface area contributed by atoms with Crippen LogP contribution in [-0.2, 0) is 17.8 Å². The number of nitrogens with one attached hydrogen (secondary N) is 1. The second-order valence-electron chi connectivity index (χ2n) is 7.96. The van der Waals surface area contributed by atoms with Crippen molar-refractivity contribution >= 4 is 33.5 Å². The minimum Gasteiger partial charge on any atom is -0.340 e. The van der Waals surface area contributed by atoms with Crippen LogP contribution in [0.5, 0.6) is 0 Å². The molecule has 31 heavy (non-hydrogen) atoms. The Kier molecular flexibility index (Phi) is 4.66. The second kappa shape index (κ2) is 7.50. The van der Waals surface area contributed by atoms with Crippen LogP contribution in [0.15, 0.2) is 48.5 Å². The number of aromatic nitrogens is 5. The lowest BCUT2D eigenvalue weighted by molar-refractivity contribution is -0.130. The molecule has 7 heteroatoms. The van der Waals surface area contributed by atoms with E-state index >= 15 is 0 Å². The average molecular weight is 412 g/mol. The molecule has 0 aliphatic heterocycles. The van der Waals surface area contributed by atoms with E-state index in [2.05, 4.69) is 9.97 Å². The van der Waals surface area contributed by atoms with Crippen molar-refractivity contribution in [2.45, 2.75) is 33.2 Å². The van der Waals surface area contributed by atoms with Crippen LogP contribution in [0.2, 0.25) is 0 Å². The summed E-state index contributed by atoms with van der Waals surface area (Å²) in [6.07, 6.45) is 1.03. The maximum absolute atomic E-state index is 12.8. The number of fused-ring (bicyclic) bond motifs is 4.